The Labute approximate surface area is 99.9 Å². The second kappa shape index (κ2) is 5.32. The third-order valence-corrected chi connectivity index (χ3v) is 3.72. The van der Waals surface area contributed by atoms with Crippen molar-refractivity contribution < 1.29 is 0 Å². The van der Waals surface area contributed by atoms with Crippen LogP contribution in [0.4, 0.5) is 0 Å². The van der Waals surface area contributed by atoms with Crippen LogP contribution in [0.1, 0.15) is 38.5 Å². The fourth-order valence-corrected chi connectivity index (χ4v) is 3.37. The molecule has 14 heavy (non-hydrogen) atoms. The van der Waals surface area contributed by atoms with Crippen molar-refractivity contribution in [3.05, 3.63) is 22.4 Å². The summed E-state index contributed by atoms with van der Waals surface area (Å²) in [6.07, 6.45) is 3.76. The lowest BCUT2D eigenvalue weighted by atomic mass is 9.83. The molecule has 1 atom stereocenters. The molecule has 1 heterocycles. The van der Waals surface area contributed by atoms with Crippen molar-refractivity contribution in [2.45, 2.75) is 44.9 Å². The van der Waals surface area contributed by atoms with Gasteiger partial charge in [0.1, 0.15) is 0 Å². The van der Waals surface area contributed by atoms with Gasteiger partial charge in [0.2, 0.25) is 0 Å². The maximum absolute atomic E-state index is 3.63. The van der Waals surface area contributed by atoms with Gasteiger partial charge in [-0.05, 0) is 36.1 Å². The zero-order valence-corrected chi connectivity index (χ0v) is 11.6. The highest BCUT2D eigenvalue weighted by Gasteiger charge is 2.19. The summed E-state index contributed by atoms with van der Waals surface area (Å²) in [7, 11) is 0. The molecule has 1 rings (SSSR count). The van der Waals surface area contributed by atoms with Crippen LogP contribution in [0.25, 0.3) is 0 Å². The molecule has 0 nitrogen and oxygen atoms in total. The molecule has 1 aromatic heterocycles. The summed E-state index contributed by atoms with van der Waals surface area (Å²) in [4.78, 5) is 2.14. The van der Waals surface area contributed by atoms with E-state index in [-0.39, 0.29) is 0 Å². The van der Waals surface area contributed by atoms with Crippen molar-refractivity contribution >= 4 is 27.3 Å². The molecule has 0 spiro atoms. The van der Waals surface area contributed by atoms with Gasteiger partial charge >= 0.3 is 0 Å². The first kappa shape index (κ1) is 12.3. The minimum atomic E-state index is 0.451. The second-order valence-electron chi connectivity index (χ2n) is 4.73. The standard InChI is InChI=1S/C12H19BrS/c1-10(13)9-12(2,3)7-6-11-5-4-8-14-11/h4-5,8,10H,6-7,9H2,1-3H3. The molecule has 0 saturated heterocycles. The molecule has 0 bridgehead atoms. The maximum atomic E-state index is 3.63. The number of hydrogen-bond donors (Lipinski definition) is 0. The molecule has 80 valence electrons. The molecule has 0 radical (unpaired) electrons. The van der Waals surface area contributed by atoms with Crippen LogP contribution in [-0.2, 0) is 6.42 Å². The van der Waals surface area contributed by atoms with Crippen molar-refractivity contribution in [3.63, 3.8) is 0 Å². The molecule has 2 heteroatoms. The lowest BCUT2D eigenvalue weighted by Crippen LogP contribution is -2.16. The lowest BCUT2D eigenvalue weighted by molar-refractivity contribution is 0.311. The van der Waals surface area contributed by atoms with Crippen LogP contribution in [0.2, 0.25) is 0 Å². The summed E-state index contributed by atoms with van der Waals surface area (Å²) in [5, 5.41) is 2.16. The first-order valence-corrected chi connectivity index (χ1v) is 6.95. The Bertz CT molecular complexity index is 249. The number of aryl methyl sites for hydroxylation is 1. The fraction of sp³-hybridized carbons (Fsp3) is 0.667. The smallest absolute Gasteiger partial charge is 0.0122 e. The summed E-state index contributed by atoms with van der Waals surface area (Å²) in [6, 6.07) is 4.37. The fourth-order valence-electron chi connectivity index (χ4n) is 1.78. The molecule has 0 N–H and O–H groups in total. The minimum Gasteiger partial charge on any atom is -0.149 e. The highest BCUT2D eigenvalue weighted by Crippen LogP contribution is 2.31. The topological polar surface area (TPSA) is 0 Å². The molecule has 0 aliphatic rings. The average molecular weight is 275 g/mol. The third-order valence-electron chi connectivity index (χ3n) is 2.46. The van der Waals surface area contributed by atoms with Crippen molar-refractivity contribution in [1.29, 1.82) is 0 Å². The second-order valence-corrected chi connectivity index (χ2v) is 7.32. The molecular weight excluding hydrogens is 256 g/mol. The number of thiophene rings is 1. The Hall–Kier alpha value is 0.180. The van der Waals surface area contributed by atoms with E-state index in [1.165, 1.54) is 24.1 Å². The van der Waals surface area contributed by atoms with Crippen molar-refractivity contribution in [3.8, 4) is 0 Å². The number of rotatable bonds is 5. The first-order chi connectivity index (χ1) is 6.49. The summed E-state index contributed by atoms with van der Waals surface area (Å²) in [5.41, 5.74) is 0.451. The van der Waals surface area contributed by atoms with Crippen molar-refractivity contribution in [1.82, 2.24) is 0 Å². The van der Waals surface area contributed by atoms with Crippen LogP contribution in [0, 0.1) is 5.41 Å². The van der Waals surface area contributed by atoms with Crippen LogP contribution in [0.3, 0.4) is 0 Å². The molecule has 0 aromatic carbocycles. The zero-order valence-electron chi connectivity index (χ0n) is 9.22. The summed E-state index contributed by atoms with van der Waals surface area (Å²) in [5.74, 6) is 0. The third kappa shape index (κ3) is 4.61. The van der Waals surface area contributed by atoms with Gasteiger partial charge in [-0.15, -0.1) is 11.3 Å². The van der Waals surface area contributed by atoms with E-state index in [9.17, 15) is 0 Å². The van der Waals surface area contributed by atoms with Gasteiger partial charge in [0, 0.05) is 9.70 Å². The van der Waals surface area contributed by atoms with Crippen LogP contribution in [0.15, 0.2) is 17.5 Å². The van der Waals surface area contributed by atoms with Gasteiger partial charge in [0.25, 0.3) is 0 Å². The van der Waals surface area contributed by atoms with Gasteiger partial charge in [-0.25, -0.2) is 0 Å². The summed E-state index contributed by atoms with van der Waals surface area (Å²) in [6.45, 7) is 6.95. The van der Waals surface area contributed by atoms with Crippen LogP contribution in [0.5, 0.6) is 0 Å². The van der Waals surface area contributed by atoms with Gasteiger partial charge in [-0.2, -0.15) is 0 Å². The van der Waals surface area contributed by atoms with E-state index in [4.69, 9.17) is 0 Å². The van der Waals surface area contributed by atoms with E-state index in [2.05, 4.69) is 54.2 Å². The molecular formula is C12H19BrS. The Morgan fingerprint density at radius 3 is 2.71 bits per heavy atom. The number of alkyl halides is 1. The lowest BCUT2D eigenvalue weighted by Gasteiger charge is -2.25. The average Bonchev–Trinajstić information content (AvgIpc) is 2.50. The van der Waals surface area contributed by atoms with E-state index in [0.29, 0.717) is 10.2 Å². The quantitative estimate of drug-likeness (QED) is 0.672. The molecule has 0 aliphatic heterocycles. The number of halogens is 1. The predicted molar refractivity (Wildman–Crippen MR) is 69.4 cm³/mol. The molecule has 0 aliphatic carbocycles. The molecule has 0 amide bonds. The van der Waals surface area contributed by atoms with Crippen LogP contribution >= 0.6 is 27.3 Å². The zero-order chi connectivity index (χ0) is 10.6. The Morgan fingerprint density at radius 1 is 1.50 bits per heavy atom. The summed E-state index contributed by atoms with van der Waals surface area (Å²) < 4.78 is 0. The molecule has 0 saturated carbocycles. The molecule has 1 unspecified atom stereocenters. The van der Waals surface area contributed by atoms with Crippen molar-refractivity contribution in [2.75, 3.05) is 0 Å². The van der Waals surface area contributed by atoms with E-state index in [0.717, 1.165) is 0 Å². The van der Waals surface area contributed by atoms with Gasteiger partial charge in [0.15, 0.2) is 0 Å². The Morgan fingerprint density at radius 2 is 2.21 bits per heavy atom. The van der Waals surface area contributed by atoms with E-state index in [1.54, 1.807) is 0 Å². The summed E-state index contributed by atoms with van der Waals surface area (Å²) >= 11 is 5.50. The SMILES string of the molecule is CC(Br)CC(C)(C)CCc1cccs1. The first-order valence-electron chi connectivity index (χ1n) is 5.16. The van der Waals surface area contributed by atoms with Crippen LogP contribution in [-0.4, -0.2) is 4.83 Å². The van der Waals surface area contributed by atoms with Crippen LogP contribution < -0.4 is 0 Å². The monoisotopic (exact) mass is 274 g/mol. The van der Waals surface area contributed by atoms with E-state index < -0.39 is 0 Å². The van der Waals surface area contributed by atoms with Gasteiger partial charge in [-0.3, -0.25) is 0 Å². The van der Waals surface area contributed by atoms with Gasteiger partial charge in [-0.1, -0.05) is 42.8 Å². The van der Waals surface area contributed by atoms with E-state index >= 15 is 0 Å². The highest BCUT2D eigenvalue weighted by molar-refractivity contribution is 9.09. The highest BCUT2D eigenvalue weighted by atomic mass is 79.9. The molecule has 1 aromatic rings. The van der Waals surface area contributed by atoms with Crippen molar-refractivity contribution in [2.24, 2.45) is 5.41 Å². The normalized spacial score (nSPS) is 14.3. The predicted octanol–water partition coefficient (Wildman–Crippen LogP) is 4.88. The number of hydrogen-bond acceptors (Lipinski definition) is 1. The Kier molecular flexibility index (Phi) is 4.65. The minimum absolute atomic E-state index is 0.451. The van der Waals surface area contributed by atoms with E-state index in [1.807, 2.05) is 11.3 Å². The largest absolute Gasteiger partial charge is 0.149 e. The van der Waals surface area contributed by atoms with Gasteiger partial charge < -0.3 is 0 Å². The Balaban J connectivity index is 2.36. The molecule has 0 fully saturated rings. The maximum Gasteiger partial charge on any atom is 0.0122 e. The van der Waals surface area contributed by atoms with Gasteiger partial charge in [0.05, 0.1) is 0 Å².